The highest BCUT2D eigenvalue weighted by molar-refractivity contribution is 7.72. The lowest BCUT2D eigenvalue weighted by molar-refractivity contribution is 0.206. The molecule has 0 atom stereocenters. The molecule has 0 aliphatic rings. The monoisotopic (exact) mass is 1930 g/mol. The van der Waals surface area contributed by atoms with E-state index in [9.17, 15) is 24.0 Å². The van der Waals surface area contributed by atoms with Gasteiger partial charge in [-0.3, -0.25) is 24.0 Å². The Morgan fingerprint density at radius 2 is 0.439 bits per heavy atom. The molecule has 0 aliphatic carbocycles. The fourth-order valence-electron chi connectivity index (χ4n) is 16.8. The van der Waals surface area contributed by atoms with Gasteiger partial charge in [-0.15, -0.1) is 0 Å². The molecule has 132 heavy (non-hydrogen) atoms. The Morgan fingerprint density at radius 3 is 0.705 bits per heavy atom. The topological polar surface area (TPSA) is 139 Å². The lowest BCUT2D eigenvalue weighted by Gasteiger charge is -2.38. The third kappa shape index (κ3) is 47.8. The van der Waals surface area contributed by atoms with Gasteiger partial charge in [-0.25, -0.2) is 0 Å². The summed E-state index contributed by atoms with van der Waals surface area (Å²) in [7, 11) is 21.4. The Hall–Kier alpha value is -4.62. The Kier molecular flexibility index (Phi) is 60.7. The van der Waals surface area contributed by atoms with Crippen molar-refractivity contribution in [2.45, 2.75) is 383 Å². The Morgan fingerprint density at radius 1 is 0.227 bits per heavy atom. The molecule has 5 rings (SSSR count). The average Bonchev–Trinajstić information content (AvgIpc) is 0.766. The van der Waals surface area contributed by atoms with Crippen LogP contribution < -0.4 is 76.0 Å². The zero-order valence-electron chi connectivity index (χ0n) is 91.2. The van der Waals surface area contributed by atoms with Crippen molar-refractivity contribution < 1.29 is 9.47 Å². The summed E-state index contributed by atoms with van der Waals surface area (Å²) in [5.74, 6) is 0.410. The summed E-state index contributed by atoms with van der Waals surface area (Å²) >= 11 is 26.5. The van der Waals surface area contributed by atoms with Crippen molar-refractivity contribution in [1.82, 2.24) is 9.80 Å². The number of ether oxygens (including phenoxy) is 2. The van der Waals surface area contributed by atoms with Crippen molar-refractivity contribution in [2.75, 3.05) is 220 Å². The number of nitrogens with zero attached hydrogens (tertiary/aromatic N) is 11. The molecular weight excluding hydrogens is 1740 g/mol. The van der Waals surface area contributed by atoms with Crippen LogP contribution in [0.2, 0.25) is 0 Å². The molecule has 0 amide bonds. The van der Waals surface area contributed by atoms with Gasteiger partial charge in [0.2, 0.25) is 27.1 Å². The molecular formula is C109H199N11O7S5. The molecule has 0 saturated carbocycles. The van der Waals surface area contributed by atoms with E-state index < -0.39 is 0 Å². The quantitative estimate of drug-likeness (QED) is 0.0269. The van der Waals surface area contributed by atoms with Gasteiger partial charge in [-0.2, -0.15) is 0 Å². The van der Waals surface area contributed by atoms with Gasteiger partial charge in [0.25, 0.3) is 0 Å². The maximum atomic E-state index is 12.7. The molecule has 5 aromatic carbocycles. The van der Waals surface area contributed by atoms with E-state index in [-0.39, 0.29) is 32.7 Å². The van der Waals surface area contributed by atoms with Gasteiger partial charge in [0.1, 0.15) is 51.0 Å². The van der Waals surface area contributed by atoms with E-state index in [0.29, 0.717) is 68.5 Å². The van der Waals surface area contributed by atoms with E-state index in [4.69, 9.17) is 70.6 Å². The van der Waals surface area contributed by atoms with Gasteiger partial charge in [-0.1, -0.05) is 321 Å². The lowest BCUT2D eigenvalue weighted by atomic mass is 9.90. The molecule has 762 valence electrons. The third-order valence-corrected chi connectivity index (χ3v) is 27.5. The van der Waals surface area contributed by atoms with Crippen LogP contribution in [0, 0.1) is 49.6 Å². The van der Waals surface area contributed by atoms with Crippen LogP contribution >= 0.6 is 61.1 Å². The van der Waals surface area contributed by atoms with E-state index >= 15 is 0 Å². The van der Waals surface area contributed by atoms with Gasteiger partial charge >= 0.3 is 0 Å². The summed E-state index contributed by atoms with van der Waals surface area (Å²) in [5.41, 5.74) is 9.40. The Bertz CT molecular complexity index is 4310. The standard InChI is InChI=1S/C32H61N3OS.C31H59N3OS.C17H30N2OS.C16H28N2O2S.C13H21NO2S/c1-8-10-12-14-16-18-25-35(26-19-17-15-13-11-9-2)27-21-24-33(6)28-29(31(37)30(28)36)34(7)23-20-22-32(3,4)5;1-8-10-12-14-16-18-23-34(24-19-17-15-13-11-9-2)26-25-33(7)27-28(30(36)29(27)35)32(6)22-20-21-31(3,4)5;1-16(2,3)10-9-11-18(7)13-12(14(20)15(13)21)19(8)17(4,5)6;1-16(2,3)8-7-9-17(4)13-12(14(19)15(13)21)18(5)10-11-20-6;1-13(2,3)7-6-8-14(4)9-11(16-5)10(15)12(9)17/h8-27H2,1-7H3;8-26H2,1-7H3;9-11H2,1-8H3;7-11H2,1-6H3;6-8H2,1-5H3. The summed E-state index contributed by atoms with van der Waals surface area (Å²) in [5, 5.41) is 0. The number of anilines is 9. The average molecular weight is 1940 g/mol. The van der Waals surface area contributed by atoms with Crippen molar-refractivity contribution >= 4 is 112 Å². The first-order valence-corrected chi connectivity index (χ1v) is 53.7. The molecule has 0 aromatic heterocycles. The van der Waals surface area contributed by atoms with Gasteiger partial charge in [0, 0.05) is 135 Å². The van der Waals surface area contributed by atoms with Crippen LogP contribution in [0.1, 0.15) is 377 Å². The van der Waals surface area contributed by atoms with Crippen LogP contribution in [0.15, 0.2) is 24.0 Å². The predicted octanol–water partition coefficient (Wildman–Crippen LogP) is 27.2. The van der Waals surface area contributed by atoms with E-state index in [1.165, 1.54) is 200 Å². The molecule has 0 radical (unpaired) electrons. The number of hydrogen-bond acceptors (Lipinski definition) is 23. The lowest BCUT2D eigenvalue weighted by Crippen LogP contribution is -2.44. The number of unbranched alkanes of at least 4 members (excludes halogenated alkanes) is 20. The zero-order chi connectivity index (χ0) is 101. The Balaban J connectivity index is 0.000000852. The van der Waals surface area contributed by atoms with Crippen LogP contribution in [0.25, 0.3) is 0 Å². The fourth-order valence-corrected chi connectivity index (χ4v) is 18.5. The van der Waals surface area contributed by atoms with Gasteiger partial charge in [-0.05, 0) is 177 Å². The highest BCUT2D eigenvalue weighted by Crippen LogP contribution is 2.38. The normalized spacial score (nSPS) is 12.1. The maximum Gasteiger partial charge on any atom is 0.242 e. The summed E-state index contributed by atoms with van der Waals surface area (Å²) in [6.45, 7) is 64.0. The maximum absolute atomic E-state index is 12.7. The van der Waals surface area contributed by atoms with Crippen LogP contribution in [0.4, 0.5) is 51.2 Å². The summed E-state index contributed by atoms with van der Waals surface area (Å²) < 4.78 is 12.5. The first-order valence-electron chi connectivity index (χ1n) is 51.6. The molecule has 0 bridgehead atoms. The first kappa shape index (κ1) is 125. The largest absolute Gasteiger partial charge is 0.491 e. The number of rotatable bonds is 63. The minimum absolute atomic E-state index is 0.0127. The molecule has 5 aromatic rings. The Labute approximate surface area is 834 Å². The molecule has 0 N–H and O–H groups in total. The highest BCUT2D eigenvalue weighted by Gasteiger charge is 2.32. The highest BCUT2D eigenvalue weighted by atomic mass is 32.1. The van der Waals surface area contributed by atoms with Crippen LogP contribution in [0.5, 0.6) is 5.75 Å². The third-order valence-electron chi connectivity index (χ3n) is 25.6. The van der Waals surface area contributed by atoms with E-state index in [2.05, 4.69) is 220 Å². The zero-order valence-corrected chi connectivity index (χ0v) is 95.3. The van der Waals surface area contributed by atoms with Crippen molar-refractivity contribution in [3.8, 4) is 5.75 Å². The van der Waals surface area contributed by atoms with E-state index in [0.717, 1.165) is 168 Å². The van der Waals surface area contributed by atoms with Gasteiger partial charge in [0.15, 0.2) is 5.75 Å². The minimum Gasteiger partial charge on any atom is -0.491 e. The van der Waals surface area contributed by atoms with Crippen LogP contribution in [0.3, 0.4) is 0 Å². The molecule has 23 heteroatoms. The molecule has 0 saturated heterocycles. The summed E-state index contributed by atoms with van der Waals surface area (Å²) in [6, 6.07) is 0. The van der Waals surface area contributed by atoms with Crippen molar-refractivity contribution in [3.05, 3.63) is 73.7 Å². The second-order valence-corrected chi connectivity index (χ2v) is 47.5. The van der Waals surface area contributed by atoms with E-state index in [1.807, 2.05) is 49.9 Å². The van der Waals surface area contributed by atoms with Gasteiger partial charge in [0.05, 0.1) is 36.5 Å². The second kappa shape index (κ2) is 63.9. The SMILES string of the molecule is CCCCCCCCN(CCCCCCCC)CCCN(C)c1c(N(C)CCCC(C)(C)C)c(=S)c1=O.CCCCCCCCN(CCCCCCCC)CCN(C)c1c(N(C)CCCC(C)(C)C)c(=S)c1=O.CN(CCCC(C)(C)C)c1c(N(C)C(C)(C)C)c(=O)c1=S.COCCN(C)c1c(N(C)CCCC(C)(C)C)c(=S)c1=O.COc1c(N(C)CCCC(C)(C)C)c(=S)c1=O. The van der Waals surface area contributed by atoms with Crippen LogP contribution in [-0.4, -0.2) is 191 Å². The molecule has 0 fully saturated rings. The minimum atomic E-state index is -0.139. The van der Waals surface area contributed by atoms with Crippen molar-refractivity contribution in [2.24, 2.45) is 27.1 Å². The number of hydrogen-bond donors (Lipinski definition) is 0. The fraction of sp³-hybridized carbons (Fsp3) is 0.817. The smallest absolute Gasteiger partial charge is 0.242 e. The second-order valence-electron chi connectivity index (χ2n) is 45.5. The van der Waals surface area contributed by atoms with Crippen LogP contribution in [-0.2, 0) is 4.74 Å². The molecule has 18 nitrogen and oxygen atoms in total. The van der Waals surface area contributed by atoms with E-state index in [1.54, 1.807) is 7.11 Å². The van der Waals surface area contributed by atoms with Gasteiger partial charge < -0.3 is 63.4 Å². The molecule has 0 unspecified atom stereocenters. The molecule has 0 aliphatic heterocycles. The number of methoxy groups -OCH3 is 2. The first-order chi connectivity index (χ1) is 61.6. The predicted molar refractivity (Wildman–Crippen MR) is 597 cm³/mol. The molecule has 0 heterocycles. The van der Waals surface area contributed by atoms with Crippen molar-refractivity contribution in [1.29, 1.82) is 0 Å². The summed E-state index contributed by atoms with van der Waals surface area (Å²) in [4.78, 5) is 85.3. The van der Waals surface area contributed by atoms with Crippen molar-refractivity contribution in [3.63, 3.8) is 0 Å². The number of likely N-dealkylation sites (N-methyl/N-ethyl adjacent to an activating group) is 2. The summed E-state index contributed by atoms with van der Waals surface area (Å²) in [6.07, 6.45) is 44.7. The molecule has 0 spiro atoms.